The predicted octanol–water partition coefficient (Wildman–Crippen LogP) is 4.18. The van der Waals surface area contributed by atoms with Gasteiger partial charge >= 0.3 is 6.18 Å². The Morgan fingerprint density at radius 2 is 1.96 bits per heavy atom. The van der Waals surface area contributed by atoms with E-state index in [9.17, 15) is 18.0 Å². The number of aromatic nitrogens is 1. The van der Waals surface area contributed by atoms with E-state index < -0.39 is 17.2 Å². The Balaban J connectivity index is 2.29. The number of rotatable bonds is 4. The first-order valence-electron chi connectivity index (χ1n) is 8.23. The molecule has 1 aliphatic heterocycles. The van der Waals surface area contributed by atoms with Crippen molar-refractivity contribution < 1.29 is 13.2 Å². The summed E-state index contributed by atoms with van der Waals surface area (Å²) >= 11 is 6.01. The Labute approximate surface area is 153 Å². The number of halogens is 4. The molecule has 1 atom stereocenters. The number of hydrogen-bond donors (Lipinski definition) is 3. The summed E-state index contributed by atoms with van der Waals surface area (Å²) in [6.45, 7) is 3.86. The summed E-state index contributed by atoms with van der Waals surface area (Å²) in [6.07, 6.45) is -3.40. The van der Waals surface area contributed by atoms with Gasteiger partial charge in [0.05, 0.1) is 0 Å². The van der Waals surface area contributed by atoms with Crippen molar-refractivity contribution in [3.05, 3.63) is 57.0 Å². The summed E-state index contributed by atoms with van der Waals surface area (Å²) in [7, 11) is 0. The molecule has 0 saturated carbocycles. The SMILES string of the molecule is CC(C)CNCC1(C(F)(F)F)c2cc(Cl)ccc2Nc2c1cc[nH]c2=O. The molecule has 0 fully saturated rings. The van der Waals surface area contributed by atoms with Gasteiger partial charge in [-0.3, -0.25) is 4.79 Å². The van der Waals surface area contributed by atoms with Crippen molar-refractivity contribution in [1.82, 2.24) is 10.3 Å². The number of alkyl halides is 3. The lowest BCUT2D eigenvalue weighted by Crippen LogP contribution is -2.53. The zero-order valence-electron chi connectivity index (χ0n) is 14.3. The first kappa shape index (κ1) is 18.8. The average Bonchev–Trinajstić information content (AvgIpc) is 2.54. The van der Waals surface area contributed by atoms with Gasteiger partial charge in [-0.2, -0.15) is 13.2 Å². The maximum atomic E-state index is 14.5. The highest BCUT2D eigenvalue weighted by Crippen LogP contribution is 2.53. The number of aromatic amines is 1. The van der Waals surface area contributed by atoms with Gasteiger partial charge in [0, 0.05) is 29.0 Å². The molecule has 0 spiro atoms. The quantitative estimate of drug-likeness (QED) is 0.740. The minimum Gasteiger partial charge on any atom is -0.351 e. The van der Waals surface area contributed by atoms with Crippen molar-refractivity contribution in [3.8, 4) is 0 Å². The molecule has 2 heterocycles. The number of H-pyrrole nitrogens is 1. The number of hydrogen-bond acceptors (Lipinski definition) is 3. The van der Waals surface area contributed by atoms with E-state index in [0.29, 0.717) is 6.54 Å². The second-order valence-electron chi connectivity index (χ2n) is 6.84. The third-order valence-electron chi connectivity index (χ3n) is 4.55. The minimum absolute atomic E-state index is 0.00635. The standard InChI is InChI=1S/C18H19ClF3N3O/c1-10(2)8-23-9-17(18(20,21)22)12-5-6-24-16(26)15(12)25-14-4-3-11(19)7-13(14)17/h3-7,10,23,25H,8-9H2,1-2H3,(H,24,26). The van der Waals surface area contributed by atoms with Crippen LogP contribution in [0.15, 0.2) is 35.3 Å². The molecular weight excluding hydrogens is 367 g/mol. The number of benzene rings is 1. The third kappa shape index (κ3) is 2.99. The number of anilines is 2. The Morgan fingerprint density at radius 3 is 2.62 bits per heavy atom. The van der Waals surface area contributed by atoms with Gasteiger partial charge in [-0.25, -0.2) is 0 Å². The highest BCUT2D eigenvalue weighted by Gasteiger charge is 2.60. The van der Waals surface area contributed by atoms with E-state index in [1.54, 1.807) is 0 Å². The van der Waals surface area contributed by atoms with Gasteiger partial charge in [0.25, 0.3) is 5.56 Å². The van der Waals surface area contributed by atoms with Crippen LogP contribution in [0.4, 0.5) is 24.5 Å². The van der Waals surface area contributed by atoms with Crippen LogP contribution in [0.1, 0.15) is 25.0 Å². The molecule has 2 aromatic rings. The summed E-state index contributed by atoms with van der Waals surface area (Å²) in [4.78, 5) is 14.6. The van der Waals surface area contributed by atoms with Gasteiger partial charge in [-0.15, -0.1) is 0 Å². The van der Waals surface area contributed by atoms with Gasteiger partial charge in [0.15, 0.2) is 0 Å². The lowest BCUT2D eigenvalue weighted by Gasteiger charge is -2.42. The number of nitrogens with one attached hydrogen (secondary N) is 3. The molecule has 0 bridgehead atoms. The van der Waals surface area contributed by atoms with Gasteiger partial charge in [-0.05, 0) is 42.3 Å². The van der Waals surface area contributed by atoms with E-state index in [4.69, 9.17) is 11.6 Å². The topological polar surface area (TPSA) is 56.9 Å². The van der Waals surface area contributed by atoms with E-state index in [0.717, 1.165) is 0 Å². The van der Waals surface area contributed by atoms with Gasteiger partial charge in [0.2, 0.25) is 0 Å². The van der Waals surface area contributed by atoms with Crippen LogP contribution >= 0.6 is 11.6 Å². The van der Waals surface area contributed by atoms with E-state index in [1.165, 1.54) is 30.5 Å². The van der Waals surface area contributed by atoms with Crippen LogP contribution in [0.25, 0.3) is 0 Å². The maximum Gasteiger partial charge on any atom is 0.403 e. The molecule has 0 amide bonds. The van der Waals surface area contributed by atoms with Crippen molar-refractivity contribution >= 4 is 23.0 Å². The van der Waals surface area contributed by atoms with Crippen LogP contribution in [-0.4, -0.2) is 24.2 Å². The Kier molecular flexibility index (Phi) is 4.79. The molecule has 1 aromatic carbocycles. The molecule has 1 aliphatic rings. The number of fused-ring (bicyclic) bond motifs is 2. The minimum atomic E-state index is -4.64. The third-order valence-corrected chi connectivity index (χ3v) is 4.78. The monoisotopic (exact) mass is 385 g/mol. The van der Waals surface area contributed by atoms with Gasteiger partial charge in [0.1, 0.15) is 11.1 Å². The van der Waals surface area contributed by atoms with E-state index in [1.807, 2.05) is 13.8 Å². The van der Waals surface area contributed by atoms with Crippen LogP contribution in [0.2, 0.25) is 5.02 Å². The van der Waals surface area contributed by atoms with E-state index in [2.05, 4.69) is 15.6 Å². The van der Waals surface area contributed by atoms with Crippen LogP contribution in [0.3, 0.4) is 0 Å². The molecule has 0 saturated heterocycles. The molecule has 4 nitrogen and oxygen atoms in total. The molecule has 0 aliphatic carbocycles. The second-order valence-corrected chi connectivity index (χ2v) is 7.27. The normalized spacial score (nSPS) is 19.0. The summed E-state index contributed by atoms with van der Waals surface area (Å²) in [5, 5.41) is 5.96. The Bertz CT molecular complexity index is 879. The zero-order valence-corrected chi connectivity index (χ0v) is 15.1. The molecule has 26 heavy (non-hydrogen) atoms. The highest BCUT2D eigenvalue weighted by molar-refractivity contribution is 6.30. The zero-order chi connectivity index (χ0) is 19.1. The van der Waals surface area contributed by atoms with Crippen LogP contribution < -0.4 is 16.2 Å². The summed E-state index contributed by atoms with van der Waals surface area (Å²) in [6, 6.07) is 5.59. The van der Waals surface area contributed by atoms with Crippen LogP contribution in [0.5, 0.6) is 0 Å². The fourth-order valence-electron chi connectivity index (χ4n) is 3.36. The molecule has 140 valence electrons. The molecule has 1 unspecified atom stereocenters. The van der Waals surface area contributed by atoms with Crippen LogP contribution in [0, 0.1) is 5.92 Å². The maximum absolute atomic E-state index is 14.5. The fourth-order valence-corrected chi connectivity index (χ4v) is 3.53. The lowest BCUT2D eigenvalue weighted by atomic mass is 9.70. The van der Waals surface area contributed by atoms with Crippen molar-refractivity contribution in [1.29, 1.82) is 0 Å². The molecule has 3 rings (SSSR count). The molecule has 3 N–H and O–H groups in total. The molecular formula is C18H19ClF3N3O. The smallest absolute Gasteiger partial charge is 0.351 e. The molecule has 8 heteroatoms. The van der Waals surface area contributed by atoms with Crippen molar-refractivity contribution in [2.45, 2.75) is 25.4 Å². The van der Waals surface area contributed by atoms with E-state index in [-0.39, 0.29) is 40.0 Å². The van der Waals surface area contributed by atoms with Crippen molar-refractivity contribution in [2.24, 2.45) is 5.92 Å². The summed E-state index contributed by atoms with van der Waals surface area (Å²) in [5.74, 6) is 0.180. The first-order chi connectivity index (χ1) is 12.2. The Morgan fingerprint density at radius 1 is 1.23 bits per heavy atom. The Hall–Kier alpha value is -1.99. The molecule has 0 radical (unpaired) electrons. The van der Waals surface area contributed by atoms with Crippen molar-refractivity contribution in [3.63, 3.8) is 0 Å². The highest BCUT2D eigenvalue weighted by atomic mass is 35.5. The summed E-state index contributed by atoms with van der Waals surface area (Å²) < 4.78 is 43.6. The van der Waals surface area contributed by atoms with E-state index >= 15 is 0 Å². The number of pyridine rings is 1. The average molecular weight is 386 g/mol. The first-order valence-corrected chi connectivity index (χ1v) is 8.61. The van der Waals surface area contributed by atoms with Gasteiger partial charge < -0.3 is 15.6 Å². The second kappa shape index (κ2) is 6.63. The molecule has 1 aromatic heterocycles. The van der Waals surface area contributed by atoms with Gasteiger partial charge in [-0.1, -0.05) is 25.4 Å². The summed E-state index contributed by atoms with van der Waals surface area (Å²) in [5.41, 5.74) is -2.95. The largest absolute Gasteiger partial charge is 0.403 e. The van der Waals surface area contributed by atoms with Crippen LogP contribution in [-0.2, 0) is 5.41 Å². The van der Waals surface area contributed by atoms with Crippen molar-refractivity contribution in [2.75, 3.05) is 18.4 Å². The fraction of sp³-hybridized carbons (Fsp3) is 0.389. The lowest BCUT2D eigenvalue weighted by molar-refractivity contribution is -0.177. The predicted molar refractivity (Wildman–Crippen MR) is 96.3 cm³/mol.